The molecule has 7 heteroatoms. The average molecular weight is 432 g/mol. The summed E-state index contributed by atoms with van der Waals surface area (Å²) < 4.78 is 11.0. The molecular formula is C25H29N5O2. The predicted octanol–water partition coefficient (Wildman–Crippen LogP) is 3.67. The van der Waals surface area contributed by atoms with E-state index < -0.39 is 0 Å². The second kappa shape index (κ2) is 8.47. The molecule has 0 spiro atoms. The first kappa shape index (κ1) is 19.6. The third-order valence-electron chi connectivity index (χ3n) is 6.73. The molecule has 4 heterocycles. The number of piperazine rings is 1. The number of ether oxygens (including phenoxy) is 2. The molecule has 7 nitrogen and oxygen atoms in total. The Balaban J connectivity index is 1.18. The lowest BCUT2D eigenvalue weighted by molar-refractivity contribution is 0.174. The van der Waals surface area contributed by atoms with Gasteiger partial charge >= 0.3 is 0 Å². The van der Waals surface area contributed by atoms with E-state index >= 15 is 0 Å². The van der Waals surface area contributed by atoms with Crippen LogP contribution in [0, 0.1) is 0 Å². The minimum Gasteiger partial charge on any atom is -0.454 e. The summed E-state index contributed by atoms with van der Waals surface area (Å²) in [5.74, 6) is 3.67. The van der Waals surface area contributed by atoms with Crippen molar-refractivity contribution in [3.05, 3.63) is 48.0 Å². The first-order chi connectivity index (χ1) is 15.8. The van der Waals surface area contributed by atoms with Crippen molar-refractivity contribution in [1.29, 1.82) is 0 Å². The van der Waals surface area contributed by atoms with Crippen LogP contribution in [0.2, 0.25) is 0 Å². The molecule has 32 heavy (non-hydrogen) atoms. The smallest absolute Gasteiger partial charge is 0.231 e. The summed E-state index contributed by atoms with van der Waals surface area (Å²) in [6.45, 7) is 7.26. The van der Waals surface area contributed by atoms with Gasteiger partial charge in [0.2, 0.25) is 12.7 Å². The number of hydrogen-bond acceptors (Lipinski definition) is 7. The fourth-order valence-electron chi connectivity index (χ4n) is 4.94. The summed E-state index contributed by atoms with van der Waals surface area (Å²) in [4.78, 5) is 17.3. The van der Waals surface area contributed by atoms with Gasteiger partial charge < -0.3 is 19.3 Å². The lowest BCUT2D eigenvalue weighted by Gasteiger charge is -2.35. The summed E-state index contributed by atoms with van der Waals surface area (Å²) >= 11 is 0. The molecule has 2 aromatic carbocycles. The molecule has 0 unspecified atom stereocenters. The van der Waals surface area contributed by atoms with Crippen LogP contribution in [0.5, 0.6) is 11.5 Å². The zero-order chi connectivity index (χ0) is 21.3. The first-order valence-electron chi connectivity index (χ1n) is 11.7. The van der Waals surface area contributed by atoms with Crippen molar-refractivity contribution in [3.8, 4) is 11.5 Å². The van der Waals surface area contributed by atoms with E-state index in [1.165, 1.54) is 30.2 Å². The van der Waals surface area contributed by atoms with E-state index in [2.05, 4.69) is 51.1 Å². The number of nitrogens with zero attached hydrogens (tertiary/aromatic N) is 5. The van der Waals surface area contributed by atoms with Crippen LogP contribution in [0.4, 0.5) is 11.8 Å². The minimum atomic E-state index is 0.322. The number of aromatic nitrogens is 2. The monoisotopic (exact) mass is 431 g/mol. The summed E-state index contributed by atoms with van der Waals surface area (Å²) in [6.07, 6.45) is 3.80. The molecular weight excluding hydrogens is 402 g/mol. The Labute approximate surface area is 188 Å². The van der Waals surface area contributed by atoms with Crippen molar-refractivity contribution in [2.45, 2.75) is 25.8 Å². The minimum absolute atomic E-state index is 0.322. The lowest BCUT2D eigenvalue weighted by Crippen LogP contribution is -2.46. The number of anilines is 2. The van der Waals surface area contributed by atoms with E-state index in [0.29, 0.717) is 6.79 Å². The maximum atomic E-state index is 5.53. The Morgan fingerprint density at radius 1 is 0.750 bits per heavy atom. The Kier molecular flexibility index (Phi) is 5.19. The zero-order valence-corrected chi connectivity index (χ0v) is 18.4. The van der Waals surface area contributed by atoms with Crippen LogP contribution < -0.4 is 19.3 Å². The topological polar surface area (TPSA) is 54.0 Å². The SMILES string of the molecule is c1ccc2c(N3CCCCC3)nc(N3CCN(Cc4ccc5c(c4)OCO5)CC3)nc2c1. The average Bonchev–Trinajstić information content (AvgIpc) is 3.32. The quantitative estimate of drug-likeness (QED) is 0.625. The third kappa shape index (κ3) is 3.81. The molecule has 3 aromatic rings. The van der Waals surface area contributed by atoms with Crippen LogP contribution in [-0.2, 0) is 6.54 Å². The molecule has 1 aromatic heterocycles. The zero-order valence-electron chi connectivity index (χ0n) is 18.4. The van der Waals surface area contributed by atoms with E-state index in [0.717, 1.165) is 74.6 Å². The highest BCUT2D eigenvalue weighted by Gasteiger charge is 2.23. The van der Waals surface area contributed by atoms with E-state index in [-0.39, 0.29) is 0 Å². The van der Waals surface area contributed by atoms with Crippen LogP contribution in [-0.4, -0.2) is 60.9 Å². The van der Waals surface area contributed by atoms with Gasteiger partial charge in [-0.2, -0.15) is 4.98 Å². The summed E-state index contributed by atoms with van der Waals surface area (Å²) in [7, 11) is 0. The highest BCUT2D eigenvalue weighted by molar-refractivity contribution is 5.90. The van der Waals surface area contributed by atoms with E-state index in [1.54, 1.807) is 0 Å². The van der Waals surface area contributed by atoms with Crippen LogP contribution in [0.25, 0.3) is 10.9 Å². The number of rotatable bonds is 4. The molecule has 0 radical (unpaired) electrons. The maximum Gasteiger partial charge on any atom is 0.231 e. The Morgan fingerprint density at radius 3 is 2.44 bits per heavy atom. The van der Waals surface area contributed by atoms with E-state index in [1.807, 2.05) is 6.07 Å². The van der Waals surface area contributed by atoms with Crippen LogP contribution in [0.1, 0.15) is 24.8 Å². The van der Waals surface area contributed by atoms with Crippen LogP contribution >= 0.6 is 0 Å². The van der Waals surface area contributed by atoms with Gasteiger partial charge in [-0.3, -0.25) is 4.90 Å². The van der Waals surface area contributed by atoms with Gasteiger partial charge in [0, 0.05) is 51.2 Å². The van der Waals surface area contributed by atoms with Crippen molar-refractivity contribution in [2.75, 3.05) is 55.9 Å². The van der Waals surface area contributed by atoms with Gasteiger partial charge in [0.25, 0.3) is 0 Å². The fourth-order valence-corrected chi connectivity index (χ4v) is 4.94. The number of hydrogen-bond donors (Lipinski definition) is 0. The molecule has 3 aliphatic heterocycles. The van der Waals surface area contributed by atoms with Gasteiger partial charge in [0.15, 0.2) is 11.5 Å². The summed E-state index contributed by atoms with van der Waals surface area (Å²) in [6, 6.07) is 14.7. The molecule has 0 N–H and O–H groups in total. The van der Waals surface area contributed by atoms with Gasteiger partial charge in [-0.1, -0.05) is 18.2 Å². The standard InChI is InChI=1S/C25H29N5O2/c1-4-10-29(11-5-1)24-20-6-2-3-7-21(20)26-25(27-24)30-14-12-28(13-15-30)17-19-8-9-22-23(16-19)32-18-31-22/h2-3,6-9,16H,1,4-5,10-15,17-18H2. The molecule has 0 bridgehead atoms. The third-order valence-corrected chi connectivity index (χ3v) is 6.73. The van der Waals surface area contributed by atoms with Gasteiger partial charge in [-0.25, -0.2) is 4.98 Å². The Hall–Kier alpha value is -3.06. The van der Waals surface area contributed by atoms with E-state index in [9.17, 15) is 0 Å². The molecule has 166 valence electrons. The lowest BCUT2D eigenvalue weighted by atomic mass is 10.1. The van der Waals surface area contributed by atoms with Gasteiger partial charge in [0.05, 0.1) is 5.52 Å². The molecule has 0 saturated carbocycles. The van der Waals surface area contributed by atoms with Gasteiger partial charge in [-0.15, -0.1) is 0 Å². The highest BCUT2D eigenvalue weighted by atomic mass is 16.7. The van der Waals surface area contributed by atoms with Crippen molar-refractivity contribution in [3.63, 3.8) is 0 Å². The molecule has 0 amide bonds. The number of fused-ring (bicyclic) bond motifs is 2. The van der Waals surface area contributed by atoms with Crippen molar-refractivity contribution >= 4 is 22.7 Å². The molecule has 2 fully saturated rings. The fraction of sp³-hybridized carbons (Fsp3) is 0.440. The Bertz CT molecular complexity index is 1110. The van der Waals surface area contributed by atoms with Crippen LogP contribution in [0.3, 0.4) is 0 Å². The number of para-hydroxylation sites is 1. The van der Waals surface area contributed by atoms with Gasteiger partial charge in [0.1, 0.15) is 5.82 Å². The molecule has 3 aliphatic rings. The van der Waals surface area contributed by atoms with Crippen molar-refractivity contribution in [1.82, 2.24) is 14.9 Å². The van der Waals surface area contributed by atoms with Gasteiger partial charge in [-0.05, 0) is 49.1 Å². The molecule has 0 aliphatic carbocycles. The summed E-state index contributed by atoms with van der Waals surface area (Å²) in [5, 5.41) is 1.17. The van der Waals surface area contributed by atoms with Crippen molar-refractivity contribution < 1.29 is 9.47 Å². The second-order valence-electron chi connectivity index (χ2n) is 8.86. The second-order valence-corrected chi connectivity index (χ2v) is 8.86. The molecule has 2 saturated heterocycles. The van der Waals surface area contributed by atoms with Crippen molar-refractivity contribution in [2.24, 2.45) is 0 Å². The first-order valence-corrected chi connectivity index (χ1v) is 11.7. The Morgan fingerprint density at radius 2 is 1.56 bits per heavy atom. The highest BCUT2D eigenvalue weighted by Crippen LogP contribution is 2.33. The largest absolute Gasteiger partial charge is 0.454 e. The predicted molar refractivity (Wildman–Crippen MR) is 126 cm³/mol. The van der Waals surface area contributed by atoms with Crippen LogP contribution in [0.15, 0.2) is 42.5 Å². The normalized spacial score (nSPS) is 19.0. The molecule has 6 rings (SSSR count). The molecule has 0 atom stereocenters. The maximum absolute atomic E-state index is 5.53. The van der Waals surface area contributed by atoms with E-state index in [4.69, 9.17) is 19.4 Å². The number of piperidine rings is 1. The summed E-state index contributed by atoms with van der Waals surface area (Å²) in [5.41, 5.74) is 2.30. The number of benzene rings is 2.